The van der Waals surface area contributed by atoms with Crippen molar-refractivity contribution in [3.63, 3.8) is 0 Å². The fourth-order valence-corrected chi connectivity index (χ4v) is 3.01. The highest BCUT2D eigenvalue weighted by Crippen LogP contribution is 2.33. The van der Waals surface area contributed by atoms with E-state index in [0.29, 0.717) is 12.0 Å². The third kappa shape index (κ3) is 3.83. The molecular formula is C18H30N2. The number of hydrogen-bond acceptors (Lipinski definition) is 2. The van der Waals surface area contributed by atoms with E-state index in [4.69, 9.17) is 0 Å². The van der Waals surface area contributed by atoms with E-state index in [1.165, 1.54) is 31.2 Å². The Morgan fingerprint density at radius 2 is 1.75 bits per heavy atom. The van der Waals surface area contributed by atoms with Gasteiger partial charge in [-0.2, -0.15) is 0 Å². The van der Waals surface area contributed by atoms with Crippen LogP contribution in [0.15, 0.2) is 30.3 Å². The molecule has 0 radical (unpaired) electrons. The molecule has 0 spiro atoms. The number of nitrogens with one attached hydrogen (secondary N) is 1. The number of nitrogens with zero attached hydrogens (tertiary/aromatic N) is 1. The normalized spacial score (nSPS) is 24.1. The van der Waals surface area contributed by atoms with Crippen LogP contribution >= 0.6 is 0 Å². The van der Waals surface area contributed by atoms with E-state index in [1.54, 1.807) is 0 Å². The van der Waals surface area contributed by atoms with Gasteiger partial charge in [-0.3, -0.25) is 0 Å². The zero-order valence-electron chi connectivity index (χ0n) is 13.5. The van der Waals surface area contributed by atoms with Crippen molar-refractivity contribution in [3.8, 4) is 0 Å². The molecule has 0 aromatic heterocycles. The van der Waals surface area contributed by atoms with Crippen LogP contribution in [0.3, 0.4) is 0 Å². The zero-order valence-corrected chi connectivity index (χ0v) is 13.5. The molecule has 1 saturated carbocycles. The fourth-order valence-electron chi connectivity index (χ4n) is 3.01. The van der Waals surface area contributed by atoms with Crippen LogP contribution in [0.1, 0.15) is 51.0 Å². The lowest BCUT2D eigenvalue weighted by Gasteiger charge is -2.38. The Morgan fingerprint density at radius 3 is 2.40 bits per heavy atom. The molecule has 2 unspecified atom stereocenters. The first-order chi connectivity index (χ1) is 9.50. The summed E-state index contributed by atoms with van der Waals surface area (Å²) in [5.41, 5.74) is 1.71. The topological polar surface area (TPSA) is 15.3 Å². The van der Waals surface area contributed by atoms with Crippen molar-refractivity contribution < 1.29 is 0 Å². The molecule has 1 aliphatic rings. The molecule has 0 amide bonds. The molecule has 1 aliphatic carbocycles. The van der Waals surface area contributed by atoms with Gasteiger partial charge in [-0.05, 0) is 52.3 Å². The molecule has 0 bridgehead atoms. The van der Waals surface area contributed by atoms with E-state index in [1.807, 2.05) is 0 Å². The SMILES string of the molecule is CN(C)C(C)(C)CNC1CCCCC1c1ccccc1. The van der Waals surface area contributed by atoms with Crippen LogP contribution < -0.4 is 5.32 Å². The van der Waals surface area contributed by atoms with E-state index in [-0.39, 0.29) is 5.54 Å². The summed E-state index contributed by atoms with van der Waals surface area (Å²) in [5, 5.41) is 3.85. The van der Waals surface area contributed by atoms with Gasteiger partial charge in [-0.15, -0.1) is 0 Å². The minimum Gasteiger partial charge on any atom is -0.312 e. The second-order valence-corrected chi connectivity index (χ2v) is 7.00. The van der Waals surface area contributed by atoms with Crippen LogP contribution in [0.2, 0.25) is 0 Å². The Bertz CT molecular complexity index is 397. The molecule has 112 valence electrons. The summed E-state index contributed by atoms with van der Waals surface area (Å²) >= 11 is 0. The molecule has 1 fully saturated rings. The summed E-state index contributed by atoms with van der Waals surface area (Å²) in [6, 6.07) is 11.7. The van der Waals surface area contributed by atoms with Gasteiger partial charge in [0.1, 0.15) is 0 Å². The Morgan fingerprint density at radius 1 is 1.10 bits per heavy atom. The van der Waals surface area contributed by atoms with Crippen LogP contribution in [0.5, 0.6) is 0 Å². The van der Waals surface area contributed by atoms with Gasteiger partial charge in [0.25, 0.3) is 0 Å². The number of likely N-dealkylation sites (N-methyl/N-ethyl adjacent to an activating group) is 1. The summed E-state index contributed by atoms with van der Waals surface area (Å²) in [7, 11) is 4.33. The average molecular weight is 274 g/mol. The molecule has 20 heavy (non-hydrogen) atoms. The van der Waals surface area contributed by atoms with Crippen molar-refractivity contribution in [2.45, 2.75) is 57.0 Å². The predicted molar refractivity (Wildman–Crippen MR) is 87.2 cm³/mol. The second kappa shape index (κ2) is 6.73. The summed E-state index contributed by atoms with van der Waals surface area (Å²) in [6.07, 6.45) is 5.37. The number of rotatable bonds is 5. The van der Waals surface area contributed by atoms with E-state index in [9.17, 15) is 0 Å². The monoisotopic (exact) mass is 274 g/mol. The molecule has 2 atom stereocenters. The summed E-state index contributed by atoms with van der Waals surface area (Å²) < 4.78 is 0. The van der Waals surface area contributed by atoms with Crippen molar-refractivity contribution in [2.75, 3.05) is 20.6 Å². The lowest BCUT2D eigenvalue weighted by Crippen LogP contribution is -2.50. The second-order valence-electron chi connectivity index (χ2n) is 7.00. The number of hydrogen-bond donors (Lipinski definition) is 1. The maximum Gasteiger partial charge on any atom is 0.0271 e. The van der Waals surface area contributed by atoms with Crippen LogP contribution in [-0.4, -0.2) is 37.1 Å². The van der Waals surface area contributed by atoms with Gasteiger partial charge in [0.05, 0.1) is 0 Å². The molecule has 2 nitrogen and oxygen atoms in total. The van der Waals surface area contributed by atoms with Crippen molar-refractivity contribution >= 4 is 0 Å². The molecule has 0 aliphatic heterocycles. The maximum absolute atomic E-state index is 3.85. The van der Waals surface area contributed by atoms with Crippen LogP contribution in [-0.2, 0) is 0 Å². The predicted octanol–water partition coefficient (Wildman–Crippen LogP) is 3.64. The Balaban J connectivity index is 2.01. The molecule has 0 saturated heterocycles. The average Bonchev–Trinajstić information content (AvgIpc) is 2.46. The van der Waals surface area contributed by atoms with E-state index in [0.717, 1.165) is 6.54 Å². The van der Waals surface area contributed by atoms with Crippen LogP contribution in [0.4, 0.5) is 0 Å². The minimum absolute atomic E-state index is 0.207. The van der Waals surface area contributed by atoms with E-state index >= 15 is 0 Å². The van der Waals surface area contributed by atoms with Crippen molar-refractivity contribution in [3.05, 3.63) is 35.9 Å². The molecule has 0 heterocycles. The summed E-state index contributed by atoms with van der Waals surface area (Å²) in [4.78, 5) is 2.31. The van der Waals surface area contributed by atoms with Gasteiger partial charge in [0.15, 0.2) is 0 Å². The van der Waals surface area contributed by atoms with Crippen LogP contribution in [0, 0.1) is 0 Å². The smallest absolute Gasteiger partial charge is 0.0271 e. The first-order valence-electron chi connectivity index (χ1n) is 7.96. The standard InChI is InChI=1S/C18H30N2/c1-18(2,20(3)4)14-19-17-13-9-8-12-16(17)15-10-6-5-7-11-15/h5-7,10-11,16-17,19H,8-9,12-14H2,1-4H3. The summed E-state index contributed by atoms with van der Waals surface area (Å²) in [5.74, 6) is 0.683. The highest BCUT2D eigenvalue weighted by molar-refractivity contribution is 5.22. The van der Waals surface area contributed by atoms with Gasteiger partial charge >= 0.3 is 0 Å². The van der Waals surface area contributed by atoms with Gasteiger partial charge in [0.2, 0.25) is 0 Å². The van der Waals surface area contributed by atoms with E-state index in [2.05, 4.69) is 68.5 Å². The highest BCUT2D eigenvalue weighted by Gasteiger charge is 2.28. The Kier molecular flexibility index (Phi) is 5.22. The van der Waals surface area contributed by atoms with Crippen molar-refractivity contribution in [2.24, 2.45) is 0 Å². The molecule has 1 N–H and O–H groups in total. The van der Waals surface area contributed by atoms with Crippen molar-refractivity contribution in [1.29, 1.82) is 0 Å². The zero-order chi connectivity index (χ0) is 14.6. The third-order valence-corrected chi connectivity index (χ3v) is 5.00. The Hall–Kier alpha value is -0.860. The van der Waals surface area contributed by atoms with Gasteiger partial charge in [-0.1, -0.05) is 43.2 Å². The number of benzene rings is 1. The molecular weight excluding hydrogens is 244 g/mol. The largest absolute Gasteiger partial charge is 0.312 e. The van der Waals surface area contributed by atoms with Crippen LogP contribution in [0.25, 0.3) is 0 Å². The lowest BCUT2D eigenvalue weighted by molar-refractivity contribution is 0.175. The highest BCUT2D eigenvalue weighted by atomic mass is 15.2. The molecule has 1 aromatic rings. The van der Waals surface area contributed by atoms with Gasteiger partial charge in [-0.25, -0.2) is 0 Å². The maximum atomic E-state index is 3.85. The van der Waals surface area contributed by atoms with Gasteiger partial charge < -0.3 is 10.2 Å². The first-order valence-corrected chi connectivity index (χ1v) is 7.96. The fraction of sp³-hybridized carbons (Fsp3) is 0.667. The van der Waals surface area contributed by atoms with Gasteiger partial charge in [0, 0.05) is 18.1 Å². The summed E-state index contributed by atoms with van der Waals surface area (Å²) in [6.45, 7) is 5.66. The quantitative estimate of drug-likeness (QED) is 0.882. The molecule has 2 heteroatoms. The minimum atomic E-state index is 0.207. The third-order valence-electron chi connectivity index (χ3n) is 5.00. The van der Waals surface area contributed by atoms with E-state index < -0.39 is 0 Å². The lowest BCUT2D eigenvalue weighted by atomic mass is 9.79. The molecule has 2 rings (SSSR count). The molecule has 1 aromatic carbocycles. The first kappa shape index (κ1) is 15.5. The Labute approximate surface area is 124 Å². The van der Waals surface area contributed by atoms with Crippen molar-refractivity contribution in [1.82, 2.24) is 10.2 Å².